The molecule has 0 spiro atoms. The van der Waals surface area contributed by atoms with Gasteiger partial charge in [0.1, 0.15) is 0 Å². The summed E-state index contributed by atoms with van der Waals surface area (Å²) < 4.78 is 29.8. The van der Waals surface area contributed by atoms with Crippen LogP contribution < -0.4 is 10.5 Å². The standard InChI is InChI=1S/C9H9F2N3O/c1-15-9-7(13)5(2-3-12)6(4-14-9)8(10)11/h4,8H,2,13H2,1H3. The van der Waals surface area contributed by atoms with Crippen molar-refractivity contribution in [2.75, 3.05) is 12.8 Å². The number of anilines is 1. The van der Waals surface area contributed by atoms with Crippen LogP contribution in [0.1, 0.15) is 17.6 Å². The van der Waals surface area contributed by atoms with Gasteiger partial charge in [0, 0.05) is 17.3 Å². The van der Waals surface area contributed by atoms with Gasteiger partial charge in [0.05, 0.1) is 25.3 Å². The minimum Gasteiger partial charge on any atom is -0.480 e. The summed E-state index contributed by atoms with van der Waals surface area (Å²) in [6.45, 7) is 0. The highest BCUT2D eigenvalue weighted by Crippen LogP contribution is 2.31. The highest BCUT2D eigenvalue weighted by atomic mass is 19.3. The van der Waals surface area contributed by atoms with E-state index >= 15 is 0 Å². The number of pyridine rings is 1. The number of alkyl halides is 2. The van der Waals surface area contributed by atoms with Gasteiger partial charge >= 0.3 is 0 Å². The third-order valence-electron chi connectivity index (χ3n) is 1.91. The van der Waals surface area contributed by atoms with Crippen LogP contribution in [0.2, 0.25) is 0 Å². The zero-order valence-electron chi connectivity index (χ0n) is 8.00. The van der Waals surface area contributed by atoms with E-state index in [9.17, 15) is 8.78 Å². The van der Waals surface area contributed by atoms with Crippen molar-refractivity contribution in [1.29, 1.82) is 5.26 Å². The van der Waals surface area contributed by atoms with Gasteiger partial charge in [0.15, 0.2) is 0 Å². The molecule has 0 bridgehead atoms. The van der Waals surface area contributed by atoms with Crippen LogP contribution in [0, 0.1) is 11.3 Å². The van der Waals surface area contributed by atoms with Gasteiger partial charge in [0.25, 0.3) is 6.43 Å². The summed E-state index contributed by atoms with van der Waals surface area (Å²) in [5.41, 5.74) is 5.30. The van der Waals surface area contributed by atoms with Crippen molar-refractivity contribution in [2.45, 2.75) is 12.8 Å². The molecule has 1 aromatic heterocycles. The number of hydrogen-bond acceptors (Lipinski definition) is 4. The first-order valence-electron chi connectivity index (χ1n) is 4.08. The fourth-order valence-electron chi connectivity index (χ4n) is 1.19. The van der Waals surface area contributed by atoms with Crippen molar-refractivity contribution in [3.8, 4) is 11.9 Å². The number of nitrogens with two attached hydrogens (primary N) is 1. The van der Waals surface area contributed by atoms with E-state index in [-0.39, 0.29) is 29.1 Å². The third kappa shape index (κ3) is 2.13. The number of halogens is 2. The van der Waals surface area contributed by atoms with Crippen LogP contribution in [0.15, 0.2) is 6.20 Å². The molecule has 80 valence electrons. The number of nitriles is 1. The fourth-order valence-corrected chi connectivity index (χ4v) is 1.19. The van der Waals surface area contributed by atoms with E-state index in [0.717, 1.165) is 6.20 Å². The van der Waals surface area contributed by atoms with E-state index in [4.69, 9.17) is 15.7 Å². The number of nitrogen functional groups attached to an aromatic ring is 1. The van der Waals surface area contributed by atoms with Crippen LogP contribution in [-0.2, 0) is 6.42 Å². The Labute approximate surface area is 85.3 Å². The first-order valence-corrected chi connectivity index (χ1v) is 4.08. The highest BCUT2D eigenvalue weighted by molar-refractivity contribution is 5.58. The van der Waals surface area contributed by atoms with Gasteiger partial charge in [-0.25, -0.2) is 13.8 Å². The summed E-state index contributed by atoms with van der Waals surface area (Å²) in [6, 6.07) is 1.77. The molecule has 0 aliphatic carbocycles. The molecule has 0 fully saturated rings. The highest BCUT2D eigenvalue weighted by Gasteiger charge is 2.18. The lowest BCUT2D eigenvalue weighted by Crippen LogP contribution is -2.04. The molecule has 0 radical (unpaired) electrons. The predicted octanol–water partition coefficient (Wildman–Crippen LogP) is 1.68. The van der Waals surface area contributed by atoms with Crippen molar-refractivity contribution >= 4 is 5.69 Å². The maximum absolute atomic E-state index is 12.5. The van der Waals surface area contributed by atoms with Crippen molar-refractivity contribution < 1.29 is 13.5 Å². The molecule has 0 amide bonds. The van der Waals surface area contributed by atoms with E-state index < -0.39 is 6.43 Å². The van der Waals surface area contributed by atoms with Gasteiger partial charge in [-0.15, -0.1) is 0 Å². The summed E-state index contributed by atoms with van der Waals surface area (Å²) in [7, 11) is 1.33. The quantitative estimate of drug-likeness (QED) is 0.828. The summed E-state index contributed by atoms with van der Waals surface area (Å²) in [6.07, 6.45) is -1.91. The molecule has 6 heteroatoms. The lowest BCUT2D eigenvalue weighted by atomic mass is 10.1. The summed E-state index contributed by atoms with van der Waals surface area (Å²) >= 11 is 0. The second kappa shape index (κ2) is 4.55. The molecule has 0 aliphatic heterocycles. The molecule has 4 nitrogen and oxygen atoms in total. The first kappa shape index (κ1) is 11.2. The monoisotopic (exact) mass is 213 g/mol. The lowest BCUT2D eigenvalue weighted by Gasteiger charge is -2.11. The Kier molecular flexibility index (Phi) is 3.39. The predicted molar refractivity (Wildman–Crippen MR) is 49.5 cm³/mol. The Balaban J connectivity index is 3.32. The van der Waals surface area contributed by atoms with Crippen LogP contribution in [-0.4, -0.2) is 12.1 Å². The largest absolute Gasteiger partial charge is 0.480 e. The smallest absolute Gasteiger partial charge is 0.265 e. The van der Waals surface area contributed by atoms with E-state index in [2.05, 4.69) is 4.98 Å². The number of methoxy groups -OCH3 is 1. The van der Waals surface area contributed by atoms with E-state index in [1.54, 1.807) is 6.07 Å². The van der Waals surface area contributed by atoms with Crippen LogP contribution in [0.3, 0.4) is 0 Å². The Morgan fingerprint density at radius 1 is 1.67 bits per heavy atom. The van der Waals surface area contributed by atoms with E-state index in [0.29, 0.717) is 0 Å². The Hall–Kier alpha value is -1.90. The molecule has 0 saturated heterocycles. The lowest BCUT2D eigenvalue weighted by molar-refractivity contribution is 0.150. The van der Waals surface area contributed by atoms with Gasteiger partial charge in [-0.05, 0) is 0 Å². The Morgan fingerprint density at radius 2 is 2.33 bits per heavy atom. The topological polar surface area (TPSA) is 71.9 Å². The van der Waals surface area contributed by atoms with E-state index in [1.807, 2.05) is 0 Å². The molecular formula is C9H9F2N3O. The molecule has 2 N–H and O–H groups in total. The number of nitrogens with zero attached hydrogens (tertiary/aromatic N) is 2. The number of rotatable bonds is 3. The van der Waals surface area contributed by atoms with Gasteiger partial charge in [-0.1, -0.05) is 0 Å². The summed E-state index contributed by atoms with van der Waals surface area (Å²) in [5.74, 6) is 0.0599. The molecule has 0 unspecified atom stereocenters. The molecule has 1 heterocycles. The molecule has 1 aromatic rings. The average molecular weight is 213 g/mol. The van der Waals surface area contributed by atoms with Crippen molar-refractivity contribution in [1.82, 2.24) is 4.98 Å². The van der Waals surface area contributed by atoms with Crippen molar-refractivity contribution in [2.24, 2.45) is 0 Å². The Bertz CT molecular complexity index is 401. The SMILES string of the molecule is COc1ncc(C(F)F)c(CC#N)c1N. The molecule has 15 heavy (non-hydrogen) atoms. The fraction of sp³-hybridized carbons (Fsp3) is 0.333. The molecule has 0 aliphatic rings. The molecule has 0 atom stereocenters. The third-order valence-corrected chi connectivity index (χ3v) is 1.91. The molecular weight excluding hydrogens is 204 g/mol. The zero-order valence-corrected chi connectivity index (χ0v) is 8.00. The van der Waals surface area contributed by atoms with Gasteiger partial charge in [-0.2, -0.15) is 5.26 Å². The van der Waals surface area contributed by atoms with Crippen LogP contribution in [0.4, 0.5) is 14.5 Å². The first-order chi connectivity index (χ1) is 7.11. The minimum atomic E-state index is -2.70. The Morgan fingerprint density at radius 3 is 2.80 bits per heavy atom. The minimum absolute atomic E-state index is 0.00292. The van der Waals surface area contributed by atoms with Crippen LogP contribution >= 0.6 is 0 Å². The maximum Gasteiger partial charge on any atom is 0.265 e. The maximum atomic E-state index is 12.5. The normalized spacial score (nSPS) is 10.1. The van der Waals surface area contributed by atoms with Crippen molar-refractivity contribution in [3.63, 3.8) is 0 Å². The number of ether oxygens (including phenoxy) is 1. The van der Waals surface area contributed by atoms with Crippen LogP contribution in [0.25, 0.3) is 0 Å². The second-order valence-corrected chi connectivity index (χ2v) is 2.75. The zero-order chi connectivity index (χ0) is 11.4. The van der Waals surface area contributed by atoms with Crippen LogP contribution in [0.5, 0.6) is 5.88 Å². The van der Waals surface area contributed by atoms with Crippen molar-refractivity contribution in [3.05, 3.63) is 17.3 Å². The number of hydrogen-bond donors (Lipinski definition) is 1. The van der Waals surface area contributed by atoms with Gasteiger partial charge < -0.3 is 10.5 Å². The summed E-state index contributed by atoms with van der Waals surface area (Å²) in [4.78, 5) is 3.62. The second-order valence-electron chi connectivity index (χ2n) is 2.75. The average Bonchev–Trinajstić information content (AvgIpc) is 2.20. The molecule has 1 rings (SSSR count). The van der Waals surface area contributed by atoms with E-state index in [1.165, 1.54) is 7.11 Å². The number of aromatic nitrogens is 1. The van der Waals surface area contributed by atoms with Gasteiger partial charge in [0.2, 0.25) is 5.88 Å². The molecule has 0 saturated carbocycles. The summed E-state index contributed by atoms with van der Waals surface area (Å²) in [5, 5.41) is 8.50. The van der Waals surface area contributed by atoms with Gasteiger partial charge in [-0.3, -0.25) is 0 Å². The molecule has 0 aromatic carbocycles.